The van der Waals surface area contributed by atoms with Gasteiger partial charge in [-0.2, -0.15) is 5.26 Å². The van der Waals surface area contributed by atoms with Crippen molar-refractivity contribution in [2.24, 2.45) is 5.92 Å². The standard InChI is InChI=1S/C32H39N3O7/c1-31(2,3)42-29(37)34-32(12-16-40-17-13-32)28(36)19-23(21-33)18-22-6-8-24(9-7-22)25-10-11-27-26(20-25)35(30(38)41-27)14-5-15-39-4/h6-11,20,23H,5,12-19H2,1-4H3,(H,34,37)/t23-/m1/s1. The zero-order chi connectivity index (χ0) is 30.3. The van der Waals surface area contributed by atoms with Gasteiger partial charge in [-0.1, -0.05) is 30.3 Å². The highest BCUT2D eigenvalue weighted by molar-refractivity contribution is 5.92. The molecule has 0 saturated carbocycles. The Bertz CT molecular complexity index is 1490. The van der Waals surface area contributed by atoms with Gasteiger partial charge in [0, 0.05) is 52.7 Å². The maximum absolute atomic E-state index is 13.5. The third-order valence-corrected chi connectivity index (χ3v) is 7.40. The number of hydrogen-bond acceptors (Lipinski definition) is 8. The first-order valence-corrected chi connectivity index (χ1v) is 14.3. The SMILES string of the molecule is COCCCn1c(=O)oc2ccc(-c3ccc(C[C@@H](C#N)CC(=O)C4(NC(=O)OC(C)(C)C)CCOCC4)cc3)cc21. The summed E-state index contributed by atoms with van der Waals surface area (Å²) >= 11 is 0. The number of amides is 1. The van der Waals surface area contributed by atoms with E-state index in [1.807, 2.05) is 36.4 Å². The minimum absolute atomic E-state index is 0.00576. The quantitative estimate of drug-likeness (QED) is 0.315. The number of methoxy groups -OCH3 is 1. The molecule has 2 aromatic carbocycles. The molecule has 1 aliphatic rings. The summed E-state index contributed by atoms with van der Waals surface area (Å²) in [6.45, 7) is 7.02. The van der Waals surface area contributed by atoms with Crippen molar-refractivity contribution >= 4 is 23.0 Å². The normalized spacial score (nSPS) is 15.6. The van der Waals surface area contributed by atoms with Crippen molar-refractivity contribution in [3.63, 3.8) is 0 Å². The van der Waals surface area contributed by atoms with Crippen LogP contribution in [0.25, 0.3) is 22.2 Å². The van der Waals surface area contributed by atoms with Crippen molar-refractivity contribution in [3.05, 3.63) is 58.6 Å². The number of Topliss-reactive ketones (excluding diaryl/α,β-unsaturated/α-hetero) is 1. The number of ether oxygens (including phenoxy) is 3. The molecule has 0 unspecified atom stereocenters. The van der Waals surface area contributed by atoms with Gasteiger partial charge in [0.2, 0.25) is 0 Å². The highest BCUT2D eigenvalue weighted by atomic mass is 16.6. The van der Waals surface area contributed by atoms with Crippen LogP contribution in [0.3, 0.4) is 0 Å². The first-order chi connectivity index (χ1) is 20.0. The van der Waals surface area contributed by atoms with E-state index in [1.54, 1.807) is 38.5 Å². The van der Waals surface area contributed by atoms with E-state index in [4.69, 9.17) is 18.6 Å². The lowest BCUT2D eigenvalue weighted by atomic mass is 9.80. The van der Waals surface area contributed by atoms with Gasteiger partial charge in [-0.15, -0.1) is 0 Å². The van der Waals surface area contributed by atoms with Crippen LogP contribution < -0.4 is 11.1 Å². The monoisotopic (exact) mass is 577 g/mol. The summed E-state index contributed by atoms with van der Waals surface area (Å²) in [6.07, 6.45) is 1.10. The van der Waals surface area contributed by atoms with E-state index >= 15 is 0 Å². The number of hydrogen-bond donors (Lipinski definition) is 1. The van der Waals surface area contributed by atoms with Gasteiger partial charge in [-0.3, -0.25) is 9.36 Å². The number of ketones is 1. The molecule has 0 bridgehead atoms. The van der Waals surface area contributed by atoms with E-state index < -0.39 is 28.9 Å². The highest BCUT2D eigenvalue weighted by Crippen LogP contribution is 2.28. The highest BCUT2D eigenvalue weighted by Gasteiger charge is 2.42. The van der Waals surface area contributed by atoms with Crippen LogP contribution in [-0.2, 0) is 32.0 Å². The Hall–Kier alpha value is -3.94. The predicted octanol–water partition coefficient (Wildman–Crippen LogP) is 5.01. The zero-order valence-corrected chi connectivity index (χ0v) is 24.7. The molecule has 1 atom stereocenters. The maximum atomic E-state index is 13.5. The third kappa shape index (κ3) is 7.66. The Morgan fingerprint density at radius 3 is 2.45 bits per heavy atom. The van der Waals surface area contributed by atoms with E-state index in [9.17, 15) is 19.6 Å². The number of carbonyl (C=O) groups excluding carboxylic acids is 2. The average Bonchev–Trinajstić information content (AvgIpc) is 3.26. The molecule has 1 N–H and O–H groups in total. The molecule has 2 heterocycles. The van der Waals surface area contributed by atoms with Crippen molar-refractivity contribution < 1.29 is 28.2 Å². The number of nitriles is 1. The third-order valence-electron chi connectivity index (χ3n) is 7.40. The van der Waals surface area contributed by atoms with E-state index in [0.717, 1.165) is 22.2 Å². The van der Waals surface area contributed by atoms with Gasteiger partial charge < -0.3 is 23.9 Å². The van der Waals surface area contributed by atoms with E-state index in [1.165, 1.54) is 0 Å². The summed E-state index contributed by atoms with van der Waals surface area (Å²) in [5.74, 6) is -1.15. The Labute approximate surface area is 245 Å². The van der Waals surface area contributed by atoms with Gasteiger partial charge in [0.25, 0.3) is 0 Å². The first kappa shape index (κ1) is 31.0. The van der Waals surface area contributed by atoms with Crippen LogP contribution in [-0.4, -0.2) is 54.5 Å². The predicted molar refractivity (Wildman–Crippen MR) is 157 cm³/mol. The molecule has 1 aromatic heterocycles. The second kappa shape index (κ2) is 13.4. The topological polar surface area (TPSA) is 133 Å². The molecule has 1 aliphatic heterocycles. The molecule has 0 radical (unpaired) electrons. The van der Waals surface area contributed by atoms with Crippen LogP contribution in [0.2, 0.25) is 0 Å². The van der Waals surface area contributed by atoms with Crippen LogP contribution in [0.5, 0.6) is 0 Å². The van der Waals surface area contributed by atoms with Crippen molar-refractivity contribution in [3.8, 4) is 17.2 Å². The van der Waals surface area contributed by atoms with Crippen molar-refractivity contribution in [2.45, 2.75) is 70.6 Å². The first-order valence-electron chi connectivity index (χ1n) is 14.3. The van der Waals surface area contributed by atoms with Gasteiger partial charge in [-0.25, -0.2) is 9.59 Å². The van der Waals surface area contributed by atoms with E-state index in [2.05, 4.69) is 11.4 Å². The summed E-state index contributed by atoms with van der Waals surface area (Å²) in [5, 5.41) is 12.7. The second-order valence-electron chi connectivity index (χ2n) is 11.7. The molecule has 10 heteroatoms. The van der Waals surface area contributed by atoms with Gasteiger partial charge in [0.15, 0.2) is 11.4 Å². The number of rotatable bonds is 11. The average molecular weight is 578 g/mol. The molecule has 0 spiro atoms. The largest absolute Gasteiger partial charge is 0.444 e. The molecule has 224 valence electrons. The fourth-order valence-corrected chi connectivity index (χ4v) is 5.21. The minimum Gasteiger partial charge on any atom is -0.444 e. The van der Waals surface area contributed by atoms with Gasteiger partial charge in [-0.05, 0) is 62.4 Å². The number of alkyl carbamates (subject to hydrolysis) is 1. The number of nitrogens with one attached hydrogen (secondary N) is 1. The lowest BCUT2D eigenvalue weighted by Gasteiger charge is -2.37. The minimum atomic E-state index is -1.12. The van der Waals surface area contributed by atoms with Gasteiger partial charge in [0.05, 0.1) is 17.5 Å². The van der Waals surface area contributed by atoms with Crippen molar-refractivity contribution in [1.82, 2.24) is 9.88 Å². The Kier molecular flexibility index (Phi) is 9.86. The Balaban J connectivity index is 1.45. The number of carbonyl (C=O) groups is 2. The van der Waals surface area contributed by atoms with Crippen LogP contribution in [0.4, 0.5) is 4.79 Å². The second-order valence-corrected chi connectivity index (χ2v) is 11.7. The number of oxazole rings is 1. The number of aryl methyl sites for hydroxylation is 1. The zero-order valence-electron chi connectivity index (χ0n) is 24.7. The van der Waals surface area contributed by atoms with Crippen LogP contribution >= 0.6 is 0 Å². The maximum Gasteiger partial charge on any atom is 0.419 e. The Morgan fingerprint density at radius 1 is 1.12 bits per heavy atom. The number of benzene rings is 2. The molecule has 1 fully saturated rings. The molecule has 1 amide bonds. The lowest BCUT2D eigenvalue weighted by Crippen LogP contribution is -2.58. The molecule has 1 saturated heterocycles. The van der Waals surface area contributed by atoms with E-state index in [-0.39, 0.29) is 12.2 Å². The Morgan fingerprint density at radius 2 is 1.81 bits per heavy atom. The van der Waals surface area contributed by atoms with Crippen LogP contribution in [0.1, 0.15) is 52.0 Å². The molecule has 0 aliphatic carbocycles. The van der Waals surface area contributed by atoms with Crippen LogP contribution in [0.15, 0.2) is 51.7 Å². The summed E-state index contributed by atoms with van der Waals surface area (Å²) in [5.41, 5.74) is 2.23. The van der Waals surface area contributed by atoms with E-state index in [0.29, 0.717) is 57.6 Å². The summed E-state index contributed by atoms with van der Waals surface area (Å²) < 4.78 is 23.0. The smallest absolute Gasteiger partial charge is 0.419 e. The summed E-state index contributed by atoms with van der Waals surface area (Å²) in [4.78, 5) is 38.4. The fourth-order valence-electron chi connectivity index (χ4n) is 5.21. The lowest BCUT2D eigenvalue weighted by molar-refractivity contribution is -0.130. The fraction of sp³-hybridized carbons (Fsp3) is 0.500. The summed E-state index contributed by atoms with van der Waals surface area (Å²) in [7, 11) is 1.63. The molecular formula is C32H39N3O7. The number of aromatic nitrogens is 1. The molecule has 4 rings (SSSR count). The van der Waals surface area contributed by atoms with Gasteiger partial charge >= 0.3 is 11.8 Å². The molecule has 10 nitrogen and oxygen atoms in total. The molecule has 42 heavy (non-hydrogen) atoms. The van der Waals surface area contributed by atoms with Gasteiger partial charge in [0.1, 0.15) is 11.1 Å². The molecule has 3 aromatic rings. The number of fused-ring (bicyclic) bond motifs is 1. The van der Waals surface area contributed by atoms with Crippen LogP contribution in [0, 0.1) is 17.2 Å². The number of nitrogens with zero attached hydrogens (tertiary/aromatic N) is 2. The summed E-state index contributed by atoms with van der Waals surface area (Å²) in [6, 6.07) is 15.7. The van der Waals surface area contributed by atoms with Crippen molar-refractivity contribution in [1.29, 1.82) is 5.26 Å². The van der Waals surface area contributed by atoms with Crippen molar-refractivity contribution in [2.75, 3.05) is 26.9 Å². The molecular weight excluding hydrogens is 538 g/mol.